The second-order valence-electron chi connectivity index (χ2n) is 5.14. The molecule has 20 heavy (non-hydrogen) atoms. The van der Waals surface area contributed by atoms with Crippen LogP contribution in [-0.4, -0.2) is 35.0 Å². The maximum atomic E-state index is 12.8. The lowest BCUT2D eigenvalue weighted by atomic mass is 9.94. The number of ether oxygens (including phenoxy) is 1. The Morgan fingerprint density at radius 2 is 1.90 bits per heavy atom. The predicted octanol–water partition coefficient (Wildman–Crippen LogP) is 2.25. The topological polar surface area (TPSA) is 66.8 Å². The summed E-state index contributed by atoms with van der Waals surface area (Å²) in [5.74, 6) is -2.05. The van der Waals surface area contributed by atoms with Crippen LogP contribution in [0.4, 0.5) is 4.39 Å². The quantitative estimate of drug-likeness (QED) is 0.768. The third-order valence-electron chi connectivity index (χ3n) is 2.92. The van der Waals surface area contributed by atoms with Crippen molar-refractivity contribution in [3.05, 3.63) is 35.6 Å². The van der Waals surface area contributed by atoms with Gasteiger partial charge in [0.1, 0.15) is 5.82 Å². The first-order chi connectivity index (χ1) is 9.38. The summed E-state index contributed by atoms with van der Waals surface area (Å²) in [6.45, 7) is 3.81. The molecule has 1 rings (SSSR count). The molecule has 0 heterocycles. The summed E-state index contributed by atoms with van der Waals surface area (Å²) < 4.78 is 18.1. The first kappa shape index (κ1) is 16.6. The number of hydrogen-bond donors (Lipinski definition) is 2. The van der Waals surface area contributed by atoms with Gasteiger partial charge in [0.15, 0.2) is 0 Å². The maximum absolute atomic E-state index is 12.8. The van der Waals surface area contributed by atoms with Crippen LogP contribution in [0.15, 0.2) is 24.3 Å². The van der Waals surface area contributed by atoms with Gasteiger partial charge in [0, 0.05) is 0 Å². The fourth-order valence-corrected chi connectivity index (χ4v) is 1.88. The van der Waals surface area contributed by atoms with Gasteiger partial charge in [0.05, 0.1) is 24.7 Å². The molecule has 0 aliphatic rings. The van der Waals surface area contributed by atoms with Gasteiger partial charge in [-0.1, -0.05) is 12.1 Å². The molecular formula is C15H21FO4. The summed E-state index contributed by atoms with van der Waals surface area (Å²) in [6.07, 6.45) is -0.461. The van der Waals surface area contributed by atoms with Gasteiger partial charge < -0.3 is 14.9 Å². The zero-order valence-electron chi connectivity index (χ0n) is 11.8. The molecule has 0 aliphatic carbocycles. The van der Waals surface area contributed by atoms with Gasteiger partial charge in [-0.3, -0.25) is 4.79 Å². The molecule has 2 unspecified atom stereocenters. The number of benzene rings is 1. The van der Waals surface area contributed by atoms with E-state index < -0.39 is 18.0 Å². The number of carboxylic acid groups (broad SMARTS) is 1. The average molecular weight is 284 g/mol. The van der Waals surface area contributed by atoms with Crippen molar-refractivity contribution >= 4 is 5.97 Å². The third-order valence-corrected chi connectivity index (χ3v) is 2.92. The SMILES string of the molecule is CC(C)OCC(O)CC(Cc1ccc(F)cc1)C(=O)O. The van der Waals surface area contributed by atoms with Crippen LogP contribution in [0.3, 0.4) is 0 Å². The smallest absolute Gasteiger partial charge is 0.306 e. The molecule has 112 valence electrons. The Balaban J connectivity index is 2.56. The van der Waals surface area contributed by atoms with E-state index in [-0.39, 0.29) is 31.4 Å². The maximum Gasteiger partial charge on any atom is 0.306 e. The van der Waals surface area contributed by atoms with E-state index in [1.54, 1.807) is 12.1 Å². The summed E-state index contributed by atoms with van der Waals surface area (Å²) in [5, 5.41) is 19.0. The van der Waals surface area contributed by atoms with Crippen LogP contribution >= 0.6 is 0 Å². The van der Waals surface area contributed by atoms with Crippen molar-refractivity contribution in [2.75, 3.05) is 6.61 Å². The van der Waals surface area contributed by atoms with Crippen molar-refractivity contribution in [3.8, 4) is 0 Å². The highest BCUT2D eigenvalue weighted by Crippen LogP contribution is 2.16. The fraction of sp³-hybridized carbons (Fsp3) is 0.533. The molecular weight excluding hydrogens is 263 g/mol. The summed E-state index contributed by atoms with van der Waals surface area (Å²) in [4.78, 5) is 11.2. The number of aliphatic hydroxyl groups excluding tert-OH is 1. The van der Waals surface area contributed by atoms with E-state index in [1.807, 2.05) is 13.8 Å². The van der Waals surface area contributed by atoms with Crippen molar-refractivity contribution < 1.29 is 24.1 Å². The zero-order chi connectivity index (χ0) is 15.1. The second kappa shape index (κ2) is 7.97. The number of aliphatic hydroxyl groups is 1. The normalized spacial score (nSPS) is 14.2. The van der Waals surface area contributed by atoms with Crippen LogP contribution in [0.5, 0.6) is 0 Å². The Hall–Kier alpha value is -1.46. The minimum atomic E-state index is -0.974. The molecule has 0 radical (unpaired) electrons. The van der Waals surface area contributed by atoms with Gasteiger partial charge in [-0.25, -0.2) is 4.39 Å². The van der Waals surface area contributed by atoms with Gasteiger partial charge in [0.2, 0.25) is 0 Å². The minimum Gasteiger partial charge on any atom is -0.481 e. The molecule has 0 aromatic heterocycles. The zero-order valence-corrected chi connectivity index (χ0v) is 11.8. The van der Waals surface area contributed by atoms with Crippen LogP contribution in [-0.2, 0) is 16.0 Å². The van der Waals surface area contributed by atoms with E-state index in [0.29, 0.717) is 0 Å². The van der Waals surface area contributed by atoms with Crippen LogP contribution in [0.2, 0.25) is 0 Å². The largest absolute Gasteiger partial charge is 0.481 e. The lowest BCUT2D eigenvalue weighted by Crippen LogP contribution is -2.26. The van der Waals surface area contributed by atoms with E-state index in [2.05, 4.69) is 0 Å². The molecule has 1 aromatic carbocycles. The molecule has 0 bridgehead atoms. The molecule has 0 fully saturated rings. The highest BCUT2D eigenvalue weighted by atomic mass is 19.1. The highest BCUT2D eigenvalue weighted by Gasteiger charge is 2.22. The minimum absolute atomic E-state index is 0.00923. The number of halogens is 1. The number of aliphatic carboxylic acids is 1. The molecule has 1 aromatic rings. The summed E-state index contributed by atoms with van der Waals surface area (Å²) in [7, 11) is 0. The molecule has 0 aliphatic heterocycles. The van der Waals surface area contributed by atoms with E-state index in [4.69, 9.17) is 4.74 Å². The Morgan fingerprint density at radius 3 is 2.40 bits per heavy atom. The lowest BCUT2D eigenvalue weighted by molar-refractivity contribution is -0.143. The van der Waals surface area contributed by atoms with Crippen molar-refractivity contribution in [2.45, 2.75) is 38.9 Å². The highest BCUT2D eigenvalue weighted by molar-refractivity contribution is 5.70. The summed E-state index contributed by atoms with van der Waals surface area (Å²) >= 11 is 0. The Bertz CT molecular complexity index is 416. The number of rotatable bonds is 8. The van der Waals surface area contributed by atoms with Gasteiger partial charge in [0.25, 0.3) is 0 Å². The van der Waals surface area contributed by atoms with Crippen LogP contribution in [0.1, 0.15) is 25.8 Å². The molecule has 0 saturated carbocycles. The summed E-state index contributed by atoms with van der Waals surface area (Å²) in [5.41, 5.74) is 0.732. The van der Waals surface area contributed by atoms with E-state index >= 15 is 0 Å². The van der Waals surface area contributed by atoms with E-state index in [9.17, 15) is 19.4 Å². The predicted molar refractivity (Wildman–Crippen MR) is 72.9 cm³/mol. The first-order valence-corrected chi connectivity index (χ1v) is 6.65. The number of hydrogen-bond acceptors (Lipinski definition) is 3. The summed E-state index contributed by atoms with van der Waals surface area (Å²) in [6, 6.07) is 5.71. The van der Waals surface area contributed by atoms with Crippen LogP contribution < -0.4 is 0 Å². The molecule has 4 nitrogen and oxygen atoms in total. The number of carbonyl (C=O) groups is 1. The van der Waals surface area contributed by atoms with Crippen LogP contribution in [0.25, 0.3) is 0 Å². The van der Waals surface area contributed by atoms with Crippen LogP contribution in [0, 0.1) is 11.7 Å². The van der Waals surface area contributed by atoms with Gasteiger partial charge in [-0.05, 0) is 44.4 Å². The second-order valence-corrected chi connectivity index (χ2v) is 5.14. The van der Waals surface area contributed by atoms with Crippen molar-refractivity contribution in [1.29, 1.82) is 0 Å². The molecule has 0 amide bonds. The molecule has 0 saturated heterocycles. The molecule has 2 atom stereocenters. The Kier molecular flexibility index (Phi) is 6.61. The van der Waals surface area contributed by atoms with Crippen molar-refractivity contribution in [3.63, 3.8) is 0 Å². The monoisotopic (exact) mass is 284 g/mol. The Morgan fingerprint density at radius 1 is 1.30 bits per heavy atom. The molecule has 2 N–H and O–H groups in total. The third kappa shape index (κ3) is 6.12. The number of carboxylic acids is 1. The Labute approximate surface area is 118 Å². The van der Waals surface area contributed by atoms with E-state index in [0.717, 1.165) is 5.56 Å². The van der Waals surface area contributed by atoms with Gasteiger partial charge in [-0.15, -0.1) is 0 Å². The standard InChI is InChI=1S/C15H21FO4/c1-10(2)20-9-14(17)8-12(15(18)19)7-11-3-5-13(16)6-4-11/h3-6,10,12,14,17H,7-9H2,1-2H3,(H,18,19). The van der Waals surface area contributed by atoms with Crippen molar-refractivity contribution in [2.24, 2.45) is 5.92 Å². The first-order valence-electron chi connectivity index (χ1n) is 6.65. The lowest BCUT2D eigenvalue weighted by Gasteiger charge is -2.18. The fourth-order valence-electron chi connectivity index (χ4n) is 1.88. The van der Waals surface area contributed by atoms with Gasteiger partial charge >= 0.3 is 5.97 Å². The molecule has 0 spiro atoms. The average Bonchev–Trinajstić information content (AvgIpc) is 2.38. The molecule has 5 heteroatoms. The van der Waals surface area contributed by atoms with Crippen molar-refractivity contribution in [1.82, 2.24) is 0 Å². The van der Waals surface area contributed by atoms with E-state index in [1.165, 1.54) is 12.1 Å². The van der Waals surface area contributed by atoms with Gasteiger partial charge in [-0.2, -0.15) is 0 Å².